The summed E-state index contributed by atoms with van der Waals surface area (Å²) < 4.78 is 38.8. The van der Waals surface area contributed by atoms with Gasteiger partial charge in [0.25, 0.3) is 0 Å². The van der Waals surface area contributed by atoms with Gasteiger partial charge in [0, 0.05) is 38.5 Å². The van der Waals surface area contributed by atoms with Crippen molar-refractivity contribution in [1.82, 2.24) is 14.9 Å². The molecule has 33 heavy (non-hydrogen) atoms. The first-order chi connectivity index (χ1) is 15.9. The Hall–Kier alpha value is -2.62. The fraction of sp³-hybridized carbons (Fsp3) is 0.458. The van der Waals surface area contributed by atoms with Gasteiger partial charge in [-0.1, -0.05) is 38.1 Å². The topological polar surface area (TPSA) is 97.0 Å². The Bertz CT molecular complexity index is 1040. The van der Waals surface area contributed by atoms with Crippen LogP contribution in [-0.4, -0.2) is 52.1 Å². The standard InChI is InChI=1S/C24H33N3O5S/c1-3-27(4-2)18-20-9-6-5-8-19(20)17-25-24(28)12-13-26-33(29,30)21-10-11-22-23(16-21)32-15-7-14-31-22/h5-6,8-11,16,26H,3-4,7,12-15,17-18H2,1-2H3,(H,25,28). The van der Waals surface area contributed by atoms with E-state index in [0.717, 1.165) is 31.6 Å². The van der Waals surface area contributed by atoms with E-state index < -0.39 is 10.0 Å². The van der Waals surface area contributed by atoms with E-state index in [4.69, 9.17) is 9.47 Å². The van der Waals surface area contributed by atoms with Crippen LogP contribution in [0.4, 0.5) is 0 Å². The molecule has 1 amide bonds. The van der Waals surface area contributed by atoms with Crippen molar-refractivity contribution in [2.75, 3.05) is 32.8 Å². The number of nitrogens with zero attached hydrogens (tertiary/aromatic N) is 1. The molecule has 2 N–H and O–H groups in total. The number of benzene rings is 2. The van der Waals surface area contributed by atoms with Gasteiger partial charge in [-0.05, 0) is 36.3 Å². The van der Waals surface area contributed by atoms with Crippen LogP contribution in [-0.2, 0) is 27.9 Å². The SMILES string of the molecule is CCN(CC)Cc1ccccc1CNC(=O)CCNS(=O)(=O)c1ccc2c(c1)OCCCO2. The average molecular weight is 476 g/mol. The number of ether oxygens (including phenoxy) is 2. The third-order valence-electron chi connectivity index (χ3n) is 5.56. The predicted molar refractivity (Wildman–Crippen MR) is 127 cm³/mol. The van der Waals surface area contributed by atoms with Gasteiger partial charge in [-0.2, -0.15) is 0 Å². The van der Waals surface area contributed by atoms with Crippen LogP contribution in [0.3, 0.4) is 0 Å². The highest BCUT2D eigenvalue weighted by Gasteiger charge is 2.19. The second-order valence-corrected chi connectivity index (χ2v) is 9.58. The molecule has 0 aromatic heterocycles. The van der Waals surface area contributed by atoms with Crippen molar-refractivity contribution >= 4 is 15.9 Å². The van der Waals surface area contributed by atoms with Crippen LogP contribution >= 0.6 is 0 Å². The molecule has 0 spiro atoms. The zero-order valence-corrected chi connectivity index (χ0v) is 20.1. The number of hydrogen-bond acceptors (Lipinski definition) is 6. The average Bonchev–Trinajstić information content (AvgIpc) is 3.06. The largest absolute Gasteiger partial charge is 0.490 e. The Morgan fingerprint density at radius 1 is 1.00 bits per heavy atom. The lowest BCUT2D eigenvalue weighted by Crippen LogP contribution is -2.31. The summed E-state index contributed by atoms with van der Waals surface area (Å²) in [7, 11) is -3.77. The smallest absolute Gasteiger partial charge is 0.240 e. The normalized spacial score (nSPS) is 13.5. The molecule has 3 rings (SSSR count). The van der Waals surface area contributed by atoms with Crippen molar-refractivity contribution in [2.45, 2.75) is 44.7 Å². The number of rotatable bonds is 11. The lowest BCUT2D eigenvalue weighted by molar-refractivity contribution is -0.121. The summed E-state index contributed by atoms with van der Waals surface area (Å²) in [4.78, 5) is 14.7. The van der Waals surface area contributed by atoms with Gasteiger partial charge in [-0.25, -0.2) is 13.1 Å². The van der Waals surface area contributed by atoms with Gasteiger partial charge < -0.3 is 14.8 Å². The van der Waals surface area contributed by atoms with Gasteiger partial charge in [0.15, 0.2) is 11.5 Å². The molecule has 0 bridgehead atoms. The molecule has 0 aliphatic carbocycles. The molecule has 0 radical (unpaired) electrons. The van der Waals surface area contributed by atoms with Crippen molar-refractivity contribution in [3.8, 4) is 11.5 Å². The summed E-state index contributed by atoms with van der Waals surface area (Å²) >= 11 is 0. The van der Waals surface area contributed by atoms with Gasteiger partial charge in [-0.3, -0.25) is 9.69 Å². The molecular weight excluding hydrogens is 442 g/mol. The summed E-state index contributed by atoms with van der Waals surface area (Å²) in [6.45, 7) is 8.42. The van der Waals surface area contributed by atoms with Crippen LogP contribution in [0.5, 0.6) is 11.5 Å². The minimum atomic E-state index is -3.77. The molecule has 0 fully saturated rings. The van der Waals surface area contributed by atoms with E-state index in [1.165, 1.54) is 17.7 Å². The number of carbonyl (C=O) groups excluding carboxylic acids is 1. The number of nitrogens with one attached hydrogen (secondary N) is 2. The van der Waals surface area contributed by atoms with E-state index in [2.05, 4.69) is 34.9 Å². The first-order valence-electron chi connectivity index (χ1n) is 11.4. The Labute approximate surface area is 196 Å². The zero-order chi connectivity index (χ0) is 23.7. The van der Waals surface area contributed by atoms with E-state index in [0.29, 0.717) is 31.3 Å². The Morgan fingerprint density at radius 3 is 2.42 bits per heavy atom. The first kappa shape index (κ1) is 25.0. The van der Waals surface area contributed by atoms with Crippen LogP contribution in [0, 0.1) is 0 Å². The van der Waals surface area contributed by atoms with E-state index in [-0.39, 0.29) is 23.8 Å². The molecular formula is C24H33N3O5S. The molecule has 0 saturated heterocycles. The summed E-state index contributed by atoms with van der Waals surface area (Å²) in [5, 5.41) is 2.89. The molecule has 0 saturated carbocycles. The van der Waals surface area contributed by atoms with Crippen LogP contribution in [0.25, 0.3) is 0 Å². The van der Waals surface area contributed by atoms with Crippen molar-refractivity contribution < 1.29 is 22.7 Å². The lowest BCUT2D eigenvalue weighted by atomic mass is 10.1. The monoisotopic (exact) mass is 475 g/mol. The third-order valence-corrected chi connectivity index (χ3v) is 7.01. The Morgan fingerprint density at radius 2 is 1.70 bits per heavy atom. The lowest BCUT2D eigenvalue weighted by Gasteiger charge is -2.20. The van der Waals surface area contributed by atoms with Gasteiger partial charge in [0.05, 0.1) is 18.1 Å². The minimum Gasteiger partial charge on any atom is -0.490 e. The number of fused-ring (bicyclic) bond motifs is 1. The van der Waals surface area contributed by atoms with E-state index >= 15 is 0 Å². The molecule has 8 nitrogen and oxygen atoms in total. The second kappa shape index (κ2) is 12.0. The van der Waals surface area contributed by atoms with Crippen LogP contribution in [0.1, 0.15) is 37.8 Å². The maximum absolute atomic E-state index is 12.6. The number of carbonyl (C=O) groups is 1. The van der Waals surface area contributed by atoms with Crippen molar-refractivity contribution in [3.63, 3.8) is 0 Å². The minimum absolute atomic E-state index is 0.00367. The highest BCUT2D eigenvalue weighted by atomic mass is 32.2. The van der Waals surface area contributed by atoms with Crippen molar-refractivity contribution in [2.24, 2.45) is 0 Å². The summed E-state index contributed by atoms with van der Waals surface area (Å²) in [6, 6.07) is 12.6. The van der Waals surface area contributed by atoms with Gasteiger partial charge >= 0.3 is 0 Å². The molecule has 0 unspecified atom stereocenters. The summed E-state index contributed by atoms with van der Waals surface area (Å²) in [5.74, 6) is 0.734. The van der Waals surface area contributed by atoms with Crippen LogP contribution < -0.4 is 19.5 Å². The van der Waals surface area contributed by atoms with E-state index in [1.807, 2.05) is 18.2 Å². The molecule has 2 aromatic carbocycles. The van der Waals surface area contributed by atoms with Crippen molar-refractivity contribution in [1.29, 1.82) is 0 Å². The van der Waals surface area contributed by atoms with Crippen LogP contribution in [0.2, 0.25) is 0 Å². The Balaban J connectivity index is 1.50. The molecule has 180 valence electrons. The number of amides is 1. The fourth-order valence-electron chi connectivity index (χ4n) is 3.55. The maximum atomic E-state index is 12.6. The number of hydrogen-bond donors (Lipinski definition) is 2. The zero-order valence-electron chi connectivity index (χ0n) is 19.3. The molecule has 1 aliphatic heterocycles. The predicted octanol–water partition coefficient (Wildman–Crippen LogP) is 2.67. The quantitative estimate of drug-likeness (QED) is 0.519. The molecule has 1 aliphatic rings. The molecule has 9 heteroatoms. The summed E-state index contributed by atoms with van der Waals surface area (Å²) in [6.07, 6.45) is 0.784. The van der Waals surface area contributed by atoms with Gasteiger partial charge in [0.2, 0.25) is 15.9 Å². The van der Waals surface area contributed by atoms with E-state index in [9.17, 15) is 13.2 Å². The Kier molecular flexibility index (Phi) is 9.11. The van der Waals surface area contributed by atoms with Crippen molar-refractivity contribution in [3.05, 3.63) is 53.6 Å². The maximum Gasteiger partial charge on any atom is 0.240 e. The first-order valence-corrected chi connectivity index (χ1v) is 12.9. The highest BCUT2D eigenvalue weighted by Crippen LogP contribution is 2.31. The summed E-state index contributed by atoms with van der Waals surface area (Å²) in [5.41, 5.74) is 2.24. The third kappa shape index (κ3) is 7.18. The number of sulfonamides is 1. The molecule has 1 heterocycles. The molecule has 0 atom stereocenters. The van der Waals surface area contributed by atoms with Gasteiger partial charge in [-0.15, -0.1) is 0 Å². The highest BCUT2D eigenvalue weighted by molar-refractivity contribution is 7.89. The fourth-order valence-corrected chi connectivity index (χ4v) is 4.59. The van der Waals surface area contributed by atoms with Crippen LogP contribution in [0.15, 0.2) is 47.4 Å². The molecule has 2 aromatic rings. The second-order valence-electron chi connectivity index (χ2n) is 7.81. The van der Waals surface area contributed by atoms with E-state index in [1.54, 1.807) is 6.07 Å². The van der Waals surface area contributed by atoms with Gasteiger partial charge in [0.1, 0.15) is 0 Å².